The van der Waals surface area contributed by atoms with Crippen LogP contribution in [0.1, 0.15) is 13.3 Å². The Morgan fingerprint density at radius 1 is 1.80 bits per heavy atom. The van der Waals surface area contributed by atoms with Gasteiger partial charge < -0.3 is 10.0 Å². The van der Waals surface area contributed by atoms with Crippen molar-refractivity contribution in [3.05, 3.63) is 11.6 Å². The van der Waals surface area contributed by atoms with Crippen molar-refractivity contribution in [1.82, 2.24) is 4.90 Å². The zero-order chi connectivity index (χ0) is 11.2. The number of thioether (sulfide) groups is 1. The average molecular weight is 248 g/mol. The van der Waals surface area contributed by atoms with Gasteiger partial charge in [-0.25, -0.2) is 4.79 Å². The molecule has 0 aromatic carbocycles. The Morgan fingerprint density at radius 3 is 2.93 bits per heavy atom. The van der Waals surface area contributed by atoms with Gasteiger partial charge in [-0.3, -0.25) is 4.79 Å². The van der Waals surface area contributed by atoms with Crippen molar-refractivity contribution < 1.29 is 14.7 Å². The fourth-order valence-corrected chi connectivity index (χ4v) is 4.05. The SMILES string of the molecule is C[C@@]1(/C=C/Cl)S[C@@H]2CC(=O)N2[C@H]1C(=O)O. The number of carbonyl (C=O) groups is 2. The summed E-state index contributed by atoms with van der Waals surface area (Å²) in [5.74, 6) is -1.07. The molecule has 0 aliphatic carbocycles. The number of halogens is 1. The van der Waals surface area contributed by atoms with E-state index in [1.807, 2.05) is 0 Å². The zero-order valence-electron chi connectivity index (χ0n) is 8.01. The van der Waals surface area contributed by atoms with E-state index in [1.165, 1.54) is 22.2 Å². The molecular formula is C9H10ClNO3S. The van der Waals surface area contributed by atoms with Gasteiger partial charge in [0.1, 0.15) is 6.04 Å². The molecule has 2 aliphatic rings. The molecule has 82 valence electrons. The van der Waals surface area contributed by atoms with Gasteiger partial charge >= 0.3 is 5.97 Å². The summed E-state index contributed by atoms with van der Waals surface area (Å²) in [5.41, 5.74) is 1.32. The summed E-state index contributed by atoms with van der Waals surface area (Å²) in [6.45, 7) is 1.79. The number of carbonyl (C=O) groups excluding carboxylic acids is 1. The molecule has 4 nitrogen and oxygen atoms in total. The third-order valence-corrected chi connectivity index (χ3v) is 4.45. The lowest BCUT2D eigenvalue weighted by Crippen LogP contribution is -2.57. The highest BCUT2D eigenvalue weighted by Crippen LogP contribution is 2.51. The van der Waals surface area contributed by atoms with Crippen molar-refractivity contribution in [3.8, 4) is 0 Å². The smallest absolute Gasteiger partial charge is 0.328 e. The van der Waals surface area contributed by atoms with E-state index in [9.17, 15) is 9.59 Å². The standard InChI is InChI=1S/C9H10ClNO3S/c1-9(2-3-10)7(8(13)14)11-5(12)4-6(11)15-9/h2-3,6-7H,4H2,1H3,(H,13,14)/b3-2+/t6-,7+,9+/m1/s1. The number of carboxylic acid groups (broad SMARTS) is 1. The molecule has 0 aromatic heterocycles. The minimum atomic E-state index is -0.977. The second-order valence-electron chi connectivity index (χ2n) is 3.79. The molecule has 2 rings (SSSR count). The molecule has 1 amide bonds. The van der Waals surface area contributed by atoms with Gasteiger partial charge in [0.05, 0.1) is 16.5 Å². The lowest BCUT2D eigenvalue weighted by Gasteiger charge is -2.36. The molecule has 2 heterocycles. The molecule has 3 atom stereocenters. The van der Waals surface area contributed by atoms with E-state index in [0.29, 0.717) is 6.42 Å². The highest BCUT2D eigenvalue weighted by Gasteiger charge is 2.59. The van der Waals surface area contributed by atoms with Crippen LogP contribution in [0, 0.1) is 0 Å². The number of fused-ring (bicyclic) bond motifs is 1. The Bertz CT molecular complexity index is 359. The second-order valence-corrected chi connectivity index (χ2v) is 5.71. The fourth-order valence-electron chi connectivity index (χ4n) is 2.06. The quantitative estimate of drug-likeness (QED) is 0.747. The molecule has 0 unspecified atom stereocenters. The summed E-state index contributed by atoms with van der Waals surface area (Å²) in [5, 5.41) is 9.13. The maximum Gasteiger partial charge on any atom is 0.328 e. The Labute approximate surface area is 96.3 Å². The van der Waals surface area contributed by atoms with Crippen LogP contribution in [-0.4, -0.2) is 38.0 Å². The largest absolute Gasteiger partial charge is 0.480 e. The van der Waals surface area contributed by atoms with Crippen LogP contribution >= 0.6 is 23.4 Å². The molecule has 0 spiro atoms. The van der Waals surface area contributed by atoms with Gasteiger partial charge in [-0.1, -0.05) is 17.7 Å². The van der Waals surface area contributed by atoms with Crippen molar-refractivity contribution in [1.29, 1.82) is 0 Å². The third-order valence-electron chi connectivity index (χ3n) is 2.79. The number of amides is 1. The molecule has 0 aromatic rings. The van der Waals surface area contributed by atoms with Crippen LogP contribution in [-0.2, 0) is 9.59 Å². The van der Waals surface area contributed by atoms with Crippen molar-refractivity contribution in [2.75, 3.05) is 0 Å². The molecule has 0 saturated carbocycles. The van der Waals surface area contributed by atoms with Gasteiger partial charge in [-0.2, -0.15) is 0 Å². The summed E-state index contributed by atoms with van der Waals surface area (Å²) in [7, 11) is 0. The number of aliphatic carboxylic acids is 1. The van der Waals surface area contributed by atoms with E-state index in [-0.39, 0.29) is 11.3 Å². The fraction of sp³-hybridized carbons (Fsp3) is 0.556. The van der Waals surface area contributed by atoms with Crippen LogP contribution in [0.3, 0.4) is 0 Å². The number of rotatable bonds is 2. The summed E-state index contributed by atoms with van der Waals surface area (Å²) >= 11 is 6.98. The molecule has 15 heavy (non-hydrogen) atoms. The predicted molar refractivity (Wildman–Crippen MR) is 57.7 cm³/mol. The lowest BCUT2D eigenvalue weighted by molar-refractivity contribution is -0.156. The van der Waals surface area contributed by atoms with Crippen LogP contribution in [0.25, 0.3) is 0 Å². The van der Waals surface area contributed by atoms with E-state index in [0.717, 1.165) is 0 Å². The maximum absolute atomic E-state index is 11.3. The molecule has 2 saturated heterocycles. The average Bonchev–Trinajstić information content (AvgIpc) is 2.35. The van der Waals surface area contributed by atoms with Gasteiger partial charge in [0, 0.05) is 5.54 Å². The number of β-lactam (4-membered cyclic amide) rings is 1. The summed E-state index contributed by atoms with van der Waals surface area (Å²) in [6, 6.07) is -0.802. The normalized spacial score (nSPS) is 39.3. The van der Waals surface area contributed by atoms with E-state index in [1.54, 1.807) is 13.0 Å². The molecule has 0 radical (unpaired) electrons. The van der Waals surface area contributed by atoms with E-state index in [2.05, 4.69) is 0 Å². The number of nitrogens with zero attached hydrogens (tertiary/aromatic N) is 1. The first-order valence-electron chi connectivity index (χ1n) is 4.49. The topological polar surface area (TPSA) is 57.6 Å². The number of hydrogen-bond donors (Lipinski definition) is 1. The molecule has 2 aliphatic heterocycles. The Morgan fingerprint density at radius 2 is 2.47 bits per heavy atom. The second kappa shape index (κ2) is 3.42. The Kier molecular flexibility index (Phi) is 2.47. The minimum absolute atomic E-state index is 0.00327. The summed E-state index contributed by atoms with van der Waals surface area (Å²) < 4.78 is -0.621. The third kappa shape index (κ3) is 1.45. The Balaban J connectivity index is 2.34. The van der Waals surface area contributed by atoms with Gasteiger partial charge in [0.25, 0.3) is 0 Å². The molecule has 6 heteroatoms. The molecule has 2 fully saturated rings. The highest BCUT2D eigenvalue weighted by molar-refractivity contribution is 8.01. The van der Waals surface area contributed by atoms with Crippen LogP contribution in [0.15, 0.2) is 11.6 Å². The highest BCUT2D eigenvalue weighted by atomic mass is 35.5. The monoisotopic (exact) mass is 247 g/mol. The first-order chi connectivity index (χ1) is 6.99. The van der Waals surface area contributed by atoms with Crippen LogP contribution < -0.4 is 0 Å². The number of hydrogen-bond acceptors (Lipinski definition) is 3. The van der Waals surface area contributed by atoms with E-state index >= 15 is 0 Å². The lowest BCUT2D eigenvalue weighted by atomic mass is 9.97. The number of carboxylic acids is 1. The summed E-state index contributed by atoms with van der Waals surface area (Å²) in [4.78, 5) is 23.9. The van der Waals surface area contributed by atoms with Crippen LogP contribution in [0.5, 0.6) is 0 Å². The summed E-state index contributed by atoms with van der Waals surface area (Å²) in [6.07, 6.45) is 2.07. The van der Waals surface area contributed by atoms with Gasteiger partial charge in [-0.15, -0.1) is 11.8 Å². The van der Waals surface area contributed by atoms with Gasteiger partial charge in [0.15, 0.2) is 0 Å². The van der Waals surface area contributed by atoms with Crippen molar-refractivity contribution >= 4 is 35.2 Å². The van der Waals surface area contributed by atoms with Gasteiger partial charge in [-0.05, 0) is 6.92 Å². The van der Waals surface area contributed by atoms with Crippen molar-refractivity contribution in [2.45, 2.75) is 29.5 Å². The van der Waals surface area contributed by atoms with E-state index < -0.39 is 16.8 Å². The molecule has 0 bridgehead atoms. The minimum Gasteiger partial charge on any atom is -0.480 e. The first kappa shape index (κ1) is 10.8. The van der Waals surface area contributed by atoms with Gasteiger partial charge in [0.2, 0.25) is 5.91 Å². The maximum atomic E-state index is 11.3. The zero-order valence-corrected chi connectivity index (χ0v) is 9.59. The van der Waals surface area contributed by atoms with Crippen molar-refractivity contribution in [3.63, 3.8) is 0 Å². The van der Waals surface area contributed by atoms with Crippen LogP contribution in [0.4, 0.5) is 0 Å². The Hall–Kier alpha value is -0.680. The van der Waals surface area contributed by atoms with Crippen molar-refractivity contribution in [2.24, 2.45) is 0 Å². The van der Waals surface area contributed by atoms with E-state index in [4.69, 9.17) is 16.7 Å². The first-order valence-corrected chi connectivity index (χ1v) is 5.81. The van der Waals surface area contributed by atoms with Crippen LogP contribution in [0.2, 0.25) is 0 Å². The molecular weight excluding hydrogens is 238 g/mol. The molecule has 1 N–H and O–H groups in total. The predicted octanol–water partition coefficient (Wildman–Crippen LogP) is 1.26.